The van der Waals surface area contributed by atoms with E-state index in [1.54, 1.807) is 13.8 Å². The van der Waals surface area contributed by atoms with Gasteiger partial charge in [-0.05, 0) is 89.3 Å². The summed E-state index contributed by atoms with van der Waals surface area (Å²) >= 11 is 0. The summed E-state index contributed by atoms with van der Waals surface area (Å²) in [6, 6.07) is -4.93. The van der Waals surface area contributed by atoms with E-state index in [-0.39, 0.29) is 80.9 Å². The van der Waals surface area contributed by atoms with Gasteiger partial charge in [0.2, 0.25) is 59.1 Å². The van der Waals surface area contributed by atoms with E-state index in [9.17, 15) is 58.2 Å². The van der Waals surface area contributed by atoms with Crippen molar-refractivity contribution < 1.29 is 58.2 Å². The van der Waals surface area contributed by atoms with Crippen molar-refractivity contribution in [3.63, 3.8) is 0 Å². The zero-order chi connectivity index (χ0) is 52.9. The first-order chi connectivity index (χ1) is 33.6. The number of aliphatic imine (C=N–C) groups is 1. The van der Waals surface area contributed by atoms with E-state index in [0.717, 1.165) is 0 Å². The van der Waals surface area contributed by atoms with Gasteiger partial charge in [0.05, 0.1) is 6.61 Å². The number of phenolic OH excluding ortho intramolecular Hbond substituents is 1. The lowest BCUT2D eigenvalue weighted by atomic mass is 10.0. The van der Waals surface area contributed by atoms with Crippen LogP contribution < -0.4 is 59.3 Å². The predicted molar refractivity (Wildman–Crippen MR) is 258 cm³/mol. The van der Waals surface area contributed by atoms with Gasteiger partial charge in [-0.1, -0.05) is 32.9 Å². The quantitative estimate of drug-likeness (QED) is 0.0229. The number of nitrogens with two attached hydrogens (primary N) is 2. The van der Waals surface area contributed by atoms with Crippen molar-refractivity contribution in [3.8, 4) is 5.75 Å². The van der Waals surface area contributed by atoms with Crippen molar-refractivity contribution in [1.82, 2.24) is 52.8 Å². The van der Waals surface area contributed by atoms with Crippen molar-refractivity contribution in [2.24, 2.45) is 22.4 Å². The molecule has 3 rings (SSSR count). The van der Waals surface area contributed by atoms with Crippen LogP contribution in [0.2, 0.25) is 0 Å². The van der Waals surface area contributed by atoms with Crippen LogP contribution in [0.25, 0.3) is 0 Å². The third kappa shape index (κ3) is 18.7. The van der Waals surface area contributed by atoms with Gasteiger partial charge in [0, 0.05) is 32.5 Å². The number of hydrogen-bond donors (Lipinski definition) is 13. The molecule has 2 aliphatic heterocycles. The highest BCUT2D eigenvalue weighted by Crippen LogP contribution is 2.20. The molecule has 0 saturated carbocycles. The monoisotopic (exact) mass is 1000 g/mol. The van der Waals surface area contributed by atoms with Crippen molar-refractivity contribution in [1.29, 1.82) is 0 Å². The highest BCUT2D eigenvalue weighted by Gasteiger charge is 2.39. The number of likely N-dealkylation sites (N-methyl/N-ethyl adjacent to an activating group) is 1. The first-order valence-electron chi connectivity index (χ1n) is 24.0. The third-order valence-corrected chi connectivity index (χ3v) is 11.8. The average molecular weight is 1000 g/mol. The molecule has 9 atom stereocenters. The van der Waals surface area contributed by atoms with E-state index in [1.807, 2.05) is 13.8 Å². The van der Waals surface area contributed by atoms with Crippen molar-refractivity contribution in [2.45, 2.75) is 154 Å². The molecule has 25 heteroatoms. The molecule has 0 unspecified atom stereocenters. The SMILES string of the molecule is CCNC(=O)[C@@H]1CCCN1C(=O)[C@H](CCCN=C(N)N)NC(=O)[C@H](CC(C)C)NC(=O)[C@@H](C)NC(=O)[C@H](Cc1ccc(O)cc1)NC(=O)[C@H](CO)NC(=O)[C@H](C)NC(=O)[C@H](CC)NC(=O)[C@@H]1CCC(=O)N1. The van der Waals surface area contributed by atoms with Crippen molar-refractivity contribution in [3.05, 3.63) is 29.8 Å². The molecule has 2 saturated heterocycles. The summed E-state index contributed by atoms with van der Waals surface area (Å²) in [7, 11) is 0. The van der Waals surface area contributed by atoms with E-state index < -0.39 is 108 Å². The molecule has 2 aliphatic rings. The Kier molecular flexibility index (Phi) is 23.4. The molecule has 2 heterocycles. The predicted octanol–water partition coefficient (Wildman–Crippen LogP) is -3.72. The Balaban J connectivity index is 1.74. The number of amides is 10. The zero-order valence-electron chi connectivity index (χ0n) is 41.3. The minimum atomic E-state index is -1.65. The molecule has 0 aliphatic carbocycles. The summed E-state index contributed by atoms with van der Waals surface area (Å²) in [6.45, 7) is 9.54. The maximum atomic E-state index is 14.0. The van der Waals surface area contributed by atoms with Gasteiger partial charge in [-0.2, -0.15) is 0 Å². The summed E-state index contributed by atoms with van der Waals surface area (Å²) in [5, 5.41) is 43.1. The molecule has 15 N–H and O–H groups in total. The summed E-state index contributed by atoms with van der Waals surface area (Å²) in [5.41, 5.74) is 11.4. The molecule has 25 nitrogen and oxygen atoms in total. The number of hydrogen-bond acceptors (Lipinski definition) is 13. The number of carbonyl (C=O) groups excluding carboxylic acids is 10. The highest BCUT2D eigenvalue weighted by atomic mass is 16.3. The van der Waals surface area contributed by atoms with Crippen LogP contribution in [0, 0.1) is 5.92 Å². The standard InChI is InChI=1S/C46H73N13O12/c1-7-29(54-40(66)30-17-18-36(62)53-30)39(65)51-26(6)38(64)58-34(23-60)43(69)57-33(22-27-13-15-28(61)16-14-27)41(67)52-25(5)37(63)56-32(21-24(3)4)42(68)55-31(11-9-19-50-46(47)48)45(71)59-20-10-12-35(59)44(70)49-8-2/h13-16,24-26,29-35,60-61H,7-12,17-23H2,1-6H3,(H,49,70)(H,51,65)(H,52,67)(H,53,62)(H,54,66)(H,55,68)(H,56,63)(H,57,69)(H,58,64)(H4,47,48,50)/t25-,26+,29+,30+,31+,32+,33+,34+,35+/m1/s1. The first kappa shape index (κ1) is 58.3. The maximum Gasteiger partial charge on any atom is 0.245 e. The highest BCUT2D eigenvalue weighted by molar-refractivity contribution is 5.99. The topological polar surface area (TPSA) is 387 Å². The number of guanidine groups is 1. The molecular formula is C46H73N13O12. The molecule has 0 radical (unpaired) electrons. The van der Waals surface area contributed by atoms with E-state index >= 15 is 0 Å². The number of benzene rings is 1. The fourth-order valence-corrected chi connectivity index (χ4v) is 7.86. The molecule has 1 aromatic rings. The number of nitrogens with one attached hydrogen (secondary N) is 9. The number of aliphatic hydroxyl groups excluding tert-OH is 1. The lowest BCUT2D eigenvalue weighted by Crippen LogP contribution is -2.60. The smallest absolute Gasteiger partial charge is 0.245 e. The van der Waals surface area contributed by atoms with E-state index in [4.69, 9.17) is 11.5 Å². The molecule has 1 aromatic carbocycles. The van der Waals surface area contributed by atoms with Crippen LogP contribution in [-0.2, 0) is 54.4 Å². The zero-order valence-corrected chi connectivity index (χ0v) is 41.3. The van der Waals surface area contributed by atoms with Gasteiger partial charge in [-0.3, -0.25) is 52.9 Å². The Morgan fingerprint density at radius 2 is 1.30 bits per heavy atom. The number of nitrogens with zero attached hydrogens (tertiary/aromatic N) is 2. The molecule has 0 spiro atoms. The van der Waals surface area contributed by atoms with Crippen LogP contribution in [0.1, 0.15) is 98.5 Å². The second kappa shape index (κ2) is 28.6. The average Bonchev–Trinajstić information content (AvgIpc) is 4.00. The molecule has 71 heavy (non-hydrogen) atoms. The number of carbonyl (C=O) groups is 10. The van der Waals surface area contributed by atoms with E-state index in [2.05, 4.69) is 52.8 Å². The fourth-order valence-electron chi connectivity index (χ4n) is 7.86. The molecule has 10 amide bonds. The molecule has 0 bridgehead atoms. The van der Waals surface area contributed by atoms with Crippen LogP contribution in [0.15, 0.2) is 29.3 Å². The Bertz CT molecular complexity index is 2080. The Morgan fingerprint density at radius 3 is 1.85 bits per heavy atom. The van der Waals surface area contributed by atoms with Crippen LogP contribution >= 0.6 is 0 Å². The largest absolute Gasteiger partial charge is 0.508 e. The van der Waals surface area contributed by atoms with Crippen LogP contribution in [0.4, 0.5) is 0 Å². The second-order valence-electron chi connectivity index (χ2n) is 18.0. The van der Waals surface area contributed by atoms with Crippen LogP contribution in [0.5, 0.6) is 5.75 Å². The number of aromatic hydroxyl groups is 1. The maximum absolute atomic E-state index is 14.0. The molecule has 2 fully saturated rings. The third-order valence-electron chi connectivity index (χ3n) is 11.8. The number of likely N-dealkylation sites (tertiary alicyclic amines) is 1. The van der Waals surface area contributed by atoms with Gasteiger partial charge in [-0.15, -0.1) is 0 Å². The minimum absolute atomic E-state index is 0.0791. The lowest BCUT2D eigenvalue weighted by Gasteiger charge is -2.30. The van der Waals surface area contributed by atoms with Gasteiger partial charge in [-0.25, -0.2) is 0 Å². The lowest BCUT2D eigenvalue weighted by molar-refractivity contribution is -0.142. The van der Waals surface area contributed by atoms with Crippen LogP contribution in [-0.4, -0.2) is 161 Å². The second-order valence-corrected chi connectivity index (χ2v) is 18.0. The summed E-state index contributed by atoms with van der Waals surface area (Å²) in [5.74, 6) is -7.06. The first-order valence-corrected chi connectivity index (χ1v) is 24.0. The Morgan fingerprint density at radius 1 is 0.732 bits per heavy atom. The van der Waals surface area contributed by atoms with Gasteiger partial charge in [0.1, 0.15) is 60.1 Å². The van der Waals surface area contributed by atoms with Gasteiger partial charge in [0.25, 0.3) is 0 Å². The number of phenols is 1. The van der Waals surface area contributed by atoms with Crippen LogP contribution in [0.3, 0.4) is 0 Å². The van der Waals surface area contributed by atoms with Gasteiger partial charge < -0.3 is 74.4 Å². The summed E-state index contributed by atoms with van der Waals surface area (Å²) in [4.78, 5) is 138. The number of aliphatic hydroxyl groups is 1. The Labute approximate surface area is 413 Å². The van der Waals surface area contributed by atoms with Gasteiger partial charge in [0.15, 0.2) is 5.96 Å². The van der Waals surface area contributed by atoms with E-state index in [1.165, 1.54) is 43.0 Å². The summed E-state index contributed by atoms with van der Waals surface area (Å²) < 4.78 is 0. The normalized spacial score (nSPS) is 18.2. The molecule has 0 aromatic heterocycles. The molecular weight excluding hydrogens is 927 g/mol. The fraction of sp³-hybridized carbons (Fsp3) is 0.630. The van der Waals surface area contributed by atoms with Gasteiger partial charge >= 0.3 is 0 Å². The van der Waals surface area contributed by atoms with Crippen molar-refractivity contribution >= 4 is 65.0 Å². The molecule has 394 valence electrons. The van der Waals surface area contributed by atoms with Crippen molar-refractivity contribution in [2.75, 3.05) is 26.2 Å². The number of rotatable bonds is 27. The Hall–Kier alpha value is -7.05. The minimum Gasteiger partial charge on any atom is -0.508 e. The van der Waals surface area contributed by atoms with E-state index in [0.29, 0.717) is 31.5 Å². The summed E-state index contributed by atoms with van der Waals surface area (Å²) in [6.07, 6.45) is 1.89.